The predicted molar refractivity (Wildman–Crippen MR) is 72.9 cm³/mol. The summed E-state index contributed by atoms with van der Waals surface area (Å²) in [7, 11) is -3.20. The normalized spacial score (nSPS) is 16.5. The third-order valence-corrected chi connectivity index (χ3v) is 4.31. The van der Waals surface area contributed by atoms with Crippen molar-refractivity contribution < 1.29 is 13.2 Å². The number of amides is 1. The van der Waals surface area contributed by atoms with Crippen LogP contribution in [0.1, 0.15) is 6.92 Å². The van der Waals surface area contributed by atoms with Crippen LogP contribution in [0.2, 0.25) is 0 Å². The first-order valence-electron chi connectivity index (χ1n) is 6.10. The summed E-state index contributed by atoms with van der Waals surface area (Å²) in [5.41, 5.74) is 0.940. The number of carbonyl (C=O) groups excluding carboxylic acids is 1. The molecule has 1 aliphatic rings. The first-order chi connectivity index (χ1) is 8.88. The number of carbonyl (C=O) groups is 1. The second-order valence-corrected chi connectivity index (χ2v) is 6.66. The number of sulfone groups is 1. The smallest absolute Gasteiger partial charge is 0.219 e. The Morgan fingerprint density at radius 2 is 1.84 bits per heavy atom. The van der Waals surface area contributed by atoms with E-state index < -0.39 is 9.84 Å². The quantitative estimate of drug-likeness (QED) is 0.795. The molecule has 1 heterocycles. The zero-order valence-electron chi connectivity index (χ0n) is 11.1. The van der Waals surface area contributed by atoms with Gasteiger partial charge in [-0.15, -0.1) is 0 Å². The summed E-state index contributed by atoms with van der Waals surface area (Å²) in [6.07, 6.45) is 1.17. The molecule has 103 valence electrons. The molecule has 1 fully saturated rings. The number of anilines is 1. The molecule has 5 nitrogen and oxygen atoms in total. The van der Waals surface area contributed by atoms with Crippen molar-refractivity contribution in [1.29, 1.82) is 0 Å². The highest BCUT2D eigenvalue weighted by Crippen LogP contribution is 2.19. The molecular weight excluding hydrogens is 264 g/mol. The fourth-order valence-corrected chi connectivity index (χ4v) is 2.70. The highest BCUT2D eigenvalue weighted by atomic mass is 32.2. The molecule has 0 aromatic heterocycles. The van der Waals surface area contributed by atoms with Crippen molar-refractivity contribution in [3.63, 3.8) is 0 Å². The van der Waals surface area contributed by atoms with E-state index in [4.69, 9.17) is 0 Å². The Bertz CT molecular complexity index is 558. The average molecular weight is 281 g/mol. The second kappa shape index (κ2) is 5.21. The molecule has 1 radical (unpaired) electrons. The number of benzene rings is 1. The molecule has 0 atom stereocenters. The van der Waals surface area contributed by atoms with E-state index in [0.717, 1.165) is 18.8 Å². The molecule has 1 aromatic carbocycles. The first-order valence-corrected chi connectivity index (χ1v) is 7.99. The average Bonchev–Trinajstić information content (AvgIpc) is 2.38. The van der Waals surface area contributed by atoms with Crippen molar-refractivity contribution >= 4 is 21.4 Å². The van der Waals surface area contributed by atoms with E-state index in [2.05, 4.69) is 11.0 Å². The Morgan fingerprint density at radius 1 is 1.21 bits per heavy atom. The highest BCUT2D eigenvalue weighted by molar-refractivity contribution is 7.90. The van der Waals surface area contributed by atoms with E-state index in [0.29, 0.717) is 13.1 Å². The lowest BCUT2D eigenvalue weighted by Crippen LogP contribution is -2.48. The Morgan fingerprint density at radius 3 is 2.26 bits per heavy atom. The van der Waals surface area contributed by atoms with E-state index in [-0.39, 0.29) is 10.8 Å². The van der Waals surface area contributed by atoms with Crippen molar-refractivity contribution in [1.82, 2.24) is 4.90 Å². The van der Waals surface area contributed by atoms with Crippen LogP contribution in [-0.2, 0) is 14.6 Å². The van der Waals surface area contributed by atoms with Crippen LogP contribution in [0.25, 0.3) is 0 Å². The monoisotopic (exact) mass is 281 g/mol. The van der Waals surface area contributed by atoms with Crippen LogP contribution >= 0.6 is 0 Å². The molecule has 0 spiro atoms. The molecule has 0 aliphatic carbocycles. The minimum absolute atomic E-state index is 0.0960. The van der Waals surface area contributed by atoms with Crippen molar-refractivity contribution in [2.24, 2.45) is 0 Å². The van der Waals surface area contributed by atoms with Crippen LogP contribution in [-0.4, -0.2) is 51.7 Å². The van der Waals surface area contributed by atoms with Gasteiger partial charge in [0, 0.05) is 51.1 Å². The summed E-state index contributed by atoms with van der Waals surface area (Å²) in [6.45, 7) is 4.48. The predicted octanol–water partition coefficient (Wildman–Crippen LogP) is 0.559. The van der Waals surface area contributed by atoms with Crippen LogP contribution < -0.4 is 4.90 Å². The Kier molecular flexibility index (Phi) is 3.80. The largest absolute Gasteiger partial charge is 0.368 e. The third kappa shape index (κ3) is 3.26. The maximum atomic E-state index is 11.3. The third-order valence-electron chi connectivity index (χ3n) is 3.26. The van der Waals surface area contributed by atoms with E-state index in [1.807, 2.05) is 4.90 Å². The molecule has 2 rings (SSSR count). The Labute approximate surface area is 113 Å². The summed E-state index contributed by atoms with van der Waals surface area (Å²) in [4.78, 5) is 15.4. The van der Waals surface area contributed by atoms with Crippen LogP contribution in [0, 0.1) is 6.07 Å². The second-order valence-electron chi connectivity index (χ2n) is 4.68. The van der Waals surface area contributed by atoms with Gasteiger partial charge in [-0.05, 0) is 18.2 Å². The van der Waals surface area contributed by atoms with E-state index in [9.17, 15) is 13.2 Å². The van der Waals surface area contributed by atoms with Gasteiger partial charge in [-0.25, -0.2) is 8.42 Å². The molecule has 1 aliphatic heterocycles. The molecule has 0 N–H and O–H groups in total. The topological polar surface area (TPSA) is 57.7 Å². The minimum Gasteiger partial charge on any atom is -0.368 e. The Hall–Kier alpha value is -1.56. The number of rotatable bonds is 2. The van der Waals surface area contributed by atoms with Gasteiger partial charge in [0.1, 0.15) is 0 Å². The van der Waals surface area contributed by atoms with Gasteiger partial charge in [-0.1, -0.05) is 0 Å². The maximum Gasteiger partial charge on any atom is 0.219 e. The van der Waals surface area contributed by atoms with Gasteiger partial charge in [0.2, 0.25) is 5.91 Å². The van der Waals surface area contributed by atoms with Gasteiger partial charge in [-0.3, -0.25) is 4.79 Å². The lowest BCUT2D eigenvalue weighted by molar-refractivity contribution is -0.129. The van der Waals surface area contributed by atoms with Crippen molar-refractivity contribution in [3.8, 4) is 0 Å². The fourth-order valence-electron chi connectivity index (χ4n) is 2.11. The molecule has 0 bridgehead atoms. The van der Waals surface area contributed by atoms with Crippen LogP contribution in [0.3, 0.4) is 0 Å². The highest BCUT2D eigenvalue weighted by Gasteiger charge is 2.19. The maximum absolute atomic E-state index is 11.3. The van der Waals surface area contributed by atoms with E-state index in [1.54, 1.807) is 25.1 Å². The lowest BCUT2D eigenvalue weighted by atomic mass is 10.2. The van der Waals surface area contributed by atoms with Gasteiger partial charge >= 0.3 is 0 Å². The summed E-state index contributed by atoms with van der Waals surface area (Å²) < 4.78 is 22.7. The van der Waals surface area contributed by atoms with Crippen molar-refractivity contribution in [3.05, 3.63) is 24.3 Å². The standard InChI is InChI=1S/C13H17N2O3S/c1-11(16)14-7-9-15(10-8-14)12-3-5-13(6-4-12)19(2,17)18/h3-5H,7-10H2,1-2H3. The molecule has 19 heavy (non-hydrogen) atoms. The van der Waals surface area contributed by atoms with Crippen molar-refractivity contribution in [2.45, 2.75) is 11.8 Å². The minimum atomic E-state index is -3.20. The summed E-state index contributed by atoms with van der Waals surface area (Å²) in [6, 6.07) is 7.85. The molecule has 1 amide bonds. The zero-order chi connectivity index (χ0) is 14.0. The fraction of sp³-hybridized carbons (Fsp3) is 0.462. The molecule has 0 saturated carbocycles. The van der Waals surface area contributed by atoms with E-state index in [1.165, 1.54) is 6.26 Å². The summed E-state index contributed by atoms with van der Waals surface area (Å²) in [5.74, 6) is 0.0960. The molecule has 6 heteroatoms. The van der Waals surface area contributed by atoms with Gasteiger partial charge in [0.05, 0.1) is 4.90 Å². The van der Waals surface area contributed by atoms with Gasteiger partial charge in [0.15, 0.2) is 9.84 Å². The van der Waals surface area contributed by atoms with Gasteiger partial charge in [0.25, 0.3) is 0 Å². The van der Waals surface area contributed by atoms with E-state index >= 15 is 0 Å². The summed E-state index contributed by atoms with van der Waals surface area (Å²) in [5, 5.41) is 0. The molecule has 1 aromatic rings. The zero-order valence-corrected chi connectivity index (χ0v) is 11.9. The van der Waals surface area contributed by atoms with Crippen LogP contribution in [0.5, 0.6) is 0 Å². The lowest BCUT2D eigenvalue weighted by Gasteiger charge is -2.35. The van der Waals surface area contributed by atoms with Crippen molar-refractivity contribution in [2.75, 3.05) is 37.3 Å². The van der Waals surface area contributed by atoms with Crippen LogP contribution in [0.4, 0.5) is 5.69 Å². The Balaban J connectivity index is 2.06. The molecule has 0 unspecified atom stereocenters. The first kappa shape index (κ1) is 13.9. The molecular formula is C13H17N2O3S. The summed E-state index contributed by atoms with van der Waals surface area (Å²) >= 11 is 0. The SMILES string of the molecule is CC(=O)N1CCN(c2c[c]c(S(C)(=O)=O)cc2)CC1. The number of piperazine rings is 1. The molecule has 1 saturated heterocycles. The number of hydrogen-bond donors (Lipinski definition) is 0. The van der Waals surface area contributed by atoms with Crippen LogP contribution in [0.15, 0.2) is 23.1 Å². The van der Waals surface area contributed by atoms with Gasteiger partial charge in [-0.2, -0.15) is 0 Å². The van der Waals surface area contributed by atoms with Gasteiger partial charge < -0.3 is 9.80 Å². The number of nitrogens with zero attached hydrogens (tertiary/aromatic N) is 2. The number of hydrogen-bond acceptors (Lipinski definition) is 4.